The second kappa shape index (κ2) is 10.7. The quantitative estimate of drug-likeness (QED) is 0.219. The second-order valence-corrected chi connectivity index (χ2v) is 10.3. The molecule has 0 spiro atoms. The van der Waals surface area contributed by atoms with Gasteiger partial charge >= 0.3 is 5.97 Å². The van der Waals surface area contributed by atoms with Crippen molar-refractivity contribution in [3.63, 3.8) is 0 Å². The Hall–Kier alpha value is -3.33. The first-order valence-corrected chi connectivity index (χ1v) is 12.7. The predicted molar refractivity (Wildman–Crippen MR) is 128 cm³/mol. The van der Waals surface area contributed by atoms with Gasteiger partial charge in [-0.3, -0.25) is 5.32 Å². The average Bonchev–Trinajstić information content (AvgIpc) is 3.15. The van der Waals surface area contributed by atoms with Crippen LogP contribution in [0.2, 0.25) is 0 Å². The molecule has 14 heteroatoms. The van der Waals surface area contributed by atoms with E-state index in [9.17, 15) is 23.4 Å². The zero-order chi connectivity index (χ0) is 24.9. The van der Waals surface area contributed by atoms with E-state index in [-0.39, 0.29) is 22.3 Å². The molecule has 0 bridgehead atoms. The third-order valence-corrected chi connectivity index (χ3v) is 6.68. The number of anilines is 4. The smallest absolute Gasteiger partial charge is 0.347 e. The SMILES string of the molecule is Cc1nc(Nc2nc(NCc3ccc(S(C)(=O)=O)cc3)cc(NCC(O)CO)n2)sc1C(=O)O. The van der Waals surface area contributed by atoms with Crippen molar-refractivity contribution < 1.29 is 28.5 Å². The Morgan fingerprint density at radius 2 is 1.76 bits per heavy atom. The molecule has 6 N–H and O–H groups in total. The molecule has 0 aliphatic rings. The maximum absolute atomic E-state index is 11.6. The Kier molecular flexibility index (Phi) is 7.98. The van der Waals surface area contributed by atoms with Crippen LogP contribution < -0.4 is 16.0 Å². The molecular formula is C20H24N6O6S2. The summed E-state index contributed by atoms with van der Waals surface area (Å²) in [4.78, 5) is 24.4. The molecule has 34 heavy (non-hydrogen) atoms. The molecule has 0 aliphatic heterocycles. The summed E-state index contributed by atoms with van der Waals surface area (Å²) in [5, 5.41) is 37.1. The Labute approximate surface area is 199 Å². The van der Waals surface area contributed by atoms with Gasteiger partial charge in [0, 0.05) is 25.4 Å². The first-order chi connectivity index (χ1) is 16.0. The molecule has 12 nitrogen and oxygen atoms in total. The summed E-state index contributed by atoms with van der Waals surface area (Å²) in [6, 6.07) is 8.01. The van der Waals surface area contributed by atoms with Crippen LogP contribution in [0.15, 0.2) is 35.2 Å². The molecule has 0 amide bonds. The number of carboxylic acids is 1. The summed E-state index contributed by atoms with van der Waals surface area (Å²) in [6.45, 7) is 1.54. The predicted octanol–water partition coefficient (Wildman–Crippen LogP) is 1.46. The van der Waals surface area contributed by atoms with Gasteiger partial charge in [-0.2, -0.15) is 9.97 Å². The van der Waals surface area contributed by atoms with Crippen LogP contribution in [-0.2, 0) is 16.4 Å². The summed E-state index contributed by atoms with van der Waals surface area (Å²) < 4.78 is 23.2. The summed E-state index contributed by atoms with van der Waals surface area (Å²) in [6.07, 6.45) is 0.150. The number of thiazole rings is 1. The van der Waals surface area contributed by atoms with Gasteiger partial charge in [-0.15, -0.1) is 0 Å². The van der Waals surface area contributed by atoms with Crippen LogP contribution in [0, 0.1) is 6.92 Å². The number of benzene rings is 1. The molecule has 3 aromatic rings. The number of hydrogen-bond acceptors (Lipinski definition) is 12. The summed E-state index contributed by atoms with van der Waals surface area (Å²) in [5.41, 5.74) is 1.17. The lowest BCUT2D eigenvalue weighted by Crippen LogP contribution is -2.23. The van der Waals surface area contributed by atoms with E-state index in [1.54, 1.807) is 25.1 Å². The number of carboxylic acid groups (broad SMARTS) is 1. The molecule has 0 saturated heterocycles. The van der Waals surface area contributed by atoms with Crippen molar-refractivity contribution in [1.82, 2.24) is 15.0 Å². The number of nitrogens with zero attached hydrogens (tertiary/aromatic N) is 3. The largest absolute Gasteiger partial charge is 0.477 e. The van der Waals surface area contributed by atoms with Crippen LogP contribution in [0.3, 0.4) is 0 Å². The highest BCUT2D eigenvalue weighted by Gasteiger charge is 2.15. The summed E-state index contributed by atoms with van der Waals surface area (Å²) in [5.74, 6) is -0.213. The number of sulfone groups is 1. The first kappa shape index (κ1) is 25.3. The lowest BCUT2D eigenvalue weighted by Gasteiger charge is -2.13. The van der Waals surface area contributed by atoms with E-state index in [4.69, 9.17) is 5.11 Å². The molecule has 0 radical (unpaired) electrons. The summed E-state index contributed by atoms with van der Waals surface area (Å²) >= 11 is 0.945. The van der Waals surface area contributed by atoms with Gasteiger partial charge in [0.1, 0.15) is 16.5 Å². The number of rotatable bonds is 11. The van der Waals surface area contributed by atoms with Crippen LogP contribution >= 0.6 is 11.3 Å². The number of nitrogens with one attached hydrogen (secondary N) is 3. The van der Waals surface area contributed by atoms with Gasteiger partial charge in [0.05, 0.1) is 23.3 Å². The molecule has 0 fully saturated rings. The lowest BCUT2D eigenvalue weighted by atomic mass is 10.2. The van der Waals surface area contributed by atoms with Gasteiger partial charge in [0.15, 0.2) is 15.0 Å². The summed E-state index contributed by atoms with van der Waals surface area (Å²) in [7, 11) is -3.29. The zero-order valence-corrected chi connectivity index (χ0v) is 19.9. The molecule has 1 aromatic carbocycles. The van der Waals surface area contributed by atoms with Crippen LogP contribution in [0.1, 0.15) is 20.9 Å². The van der Waals surface area contributed by atoms with Crippen molar-refractivity contribution in [3.05, 3.63) is 46.5 Å². The number of aliphatic hydroxyl groups excluding tert-OH is 2. The third kappa shape index (κ3) is 6.84. The van der Waals surface area contributed by atoms with E-state index >= 15 is 0 Å². The topological polar surface area (TPSA) is 187 Å². The number of hydrogen-bond donors (Lipinski definition) is 6. The van der Waals surface area contributed by atoms with Crippen LogP contribution in [0.4, 0.5) is 22.7 Å². The number of aromatic nitrogens is 3. The van der Waals surface area contributed by atoms with Gasteiger partial charge in [0.25, 0.3) is 0 Å². The molecule has 1 atom stereocenters. The molecule has 182 valence electrons. The van der Waals surface area contributed by atoms with E-state index in [0.717, 1.165) is 23.2 Å². The average molecular weight is 509 g/mol. The molecular weight excluding hydrogens is 484 g/mol. The van der Waals surface area contributed by atoms with E-state index in [1.807, 2.05) is 0 Å². The van der Waals surface area contributed by atoms with Crippen molar-refractivity contribution >= 4 is 49.9 Å². The van der Waals surface area contributed by atoms with Crippen molar-refractivity contribution in [2.45, 2.75) is 24.5 Å². The zero-order valence-electron chi connectivity index (χ0n) is 18.3. The fraction of sp³-hybridized carbons (Fsp3) is 0.300. The van der Waals surface area contributed by atoms with Crippen molar-refractivity contribution in [2.75, 3.05) is 35.4 Å². The molecule has 1 unspecified atom stereocenters. The van der Waals surface area contributed by atoms with Crippen molar-refractivity contribution in [1.29, 1.82) is 0 Å². The molecule has 3 rings (SSSR count). The Morgan fingerprint density at radius 1 is 1.12 bits per heavy atom. The van der Waals surface area contributed by atoms with Crippen LogP contribution in [0.25, 0.3) is 0 Å². The molecule has 2 heterocycles. The van der Waals surface area contributed by atoms with E-state index in [1.165, 1.54) is 12.1 Å². The second-order valence-electron chi connectivity index (χ2n) is 7.31. The third-order valence-electron chi connectivity index (χ3n) is 4.49. The van der Waals surface area contributed by atoms with E-state index < -0.39 is 28.5 Å². The number of aliphatic hydroxyl groups is 2. The monoisotopic (exact) mass is 508 g/mol. The van der Waals surface area contributed by atoms with E-state index in [2.05, 4.69) is 30.9 Å². The van der Waals surface area contributed by atoms with Gasteiger partial charge in [0.2, 0.25) is 5.95 Å². The lowest BCUT2D eigenvalue weighted by molar-refractivity contribution is 0.0701. The highest BCUT2D eigenvalue weighted by molar-refractivity contribution is 7.90. The molecule has 0 aliphatic carbocycles. The fourth-order valence-corrected chi connectivity index (χ4v) is 4.19. The maximum atomic E-state index is 11.6. The molecule has 0 saturated carbocycles. The minimum atomic E-state index is -3.29. The van der Waals surface area contributed by atoms with Gasteiger partial charge in [-0.1, -0.05) is 23.5 Å². The number of carbonyl (C=O) groups is 1. The van der Waals surface area contributed by atoms with Gasteiger partial charge in [-0.25, -0.2) is 18.2 Å². The standard InChI is InChI=1S/C20H24N6O6S2/c1-11-17(18(29)30)33-20(23-11)26-19-24-15(7-16(25-19)22-9-13(28)10-27)21-8-12-3-5-14(6-4-12)34(2,31)32/h3-7,13,27-28H,8-10H2,1-2H3,(H,29,30)(H3,21,22,23,24,25,26). The van der Waals surface area contributed by atoms with Gasteiger partial charge in [-0.05, 0) is 24.6 Å². The van der Waals surface area contributed by atoms with Crippen LogP contribution in [0.5, 0.6) is 0 Å². The minimum absolute atomic E-state index is 0.0405. The Bertz CT molecular complexity index is 1260. The minimum Gasteiger partial charge on any atom is -0.477 e. The maximum Gasteiger partial charge on any atom is 0.347 e. The van der Waals surface area contributed by atoms with E-state index in [0.29, 0.717) is 29.0 Å². The van der Waals surface area contributed by atoms with Crippen molar-refractivity contribution in [2.24, 2.45) is 0 Å². The first-order valence-electron chi connectivity index (χ1n) is 9.97. The van der Waals surface area contributed by atoms with Crippen molar-refractivity contribution in [3.8, 4) is 0 Å². The highest BCUT2D eigenvalue weighted by Crippen LogP contribution is 2.26. The fourth-order valence-electron chi connectivity index (χ4n) is 2.76. The number of aryl methyl sites for hydroxylation is 1. The normalized spacial score (nSPS) is 12.2. The Balaban J connectivity index is 1.80. The molecule has 2 aromatic heterocycles. The van der Waals surface area contributed by atoms with Crippen LogP contribution in [-0.4, -0.2) is 70.2 Å². The number of aromatic carboxylic acids is 1. The Morgan fingerprint density at radius 3 is 2.32 bits per heavy atom. The van der Waals surface area contributed by atoms with Gasteiger partial charge < -0.3 is 26.0 Å². The highest BCUT2D eigenvalue weighted by atomic mass is 32.2.